The molecule has 3 aromatic rings. The van der Waals surface area contributed by atoms with Gasteiger partial charge in [0.15, 0.2) is 0 Å². The van der Waals surface area contributed by atoms with E-state index in [1.54, 1.807) is 54.6 Å². The maximum Gasteiger partial charge on any atom is 0.337 e. The highest BCUT2D eigenvalue weighted by Gasteiger charge is 2.10. The molecule has 0 radical (unpaired) electrons. The Morgan fingerprint density at radius 3 is 2.59 bits per heavy atom. The Balaban J connectivity index is 1.93. The lowest BCUT2D eigenvalue weighted by Crippen LogP contribution is -2.00. The number of carbonyl (C=O) groups excluding carboxylic acids is 1. The number of furan rings is 1. The van der Waals surface area contributed by atoms with Gasteiger partial charge in [-0.1, -0.05) is 41.4 Å². The third kappa shape index (κ3) is 4.22. The molecule has 0 saturated carbocycles. The van der Waals surface area contributed by atoms with Crippen molar-refractivity contribution >= 4 is 40.8 Å². The van der Waals surface area contributed by atoms with Gasteiger partial charge < -0.3 is 9.15 Å². The van der Waals surface area contributed by atoms with E-state index in [9.17, 15) is 10.1 Å². The number of ether oxygens (including phenoxy) is 1. The largest absolute Gasteiger partial charge is 0.465 e. The van der Waals surface area contributed by atoms with Gasteiger partial charge in [-0.2, -0.15) is 5.26 Å². The van der Waals surface area contributed by atoms with E-state index in [1.807, 2.05) is 6.07 Å². The van der Waals surface area contributed by atoms with Crippen molar-refractivity contribution in [3.05, 3.63) is 81.5 Å². The van der Waals surface area contributed by atoms with Crippen molar-refractivity contribution in [1.82, 2.24) is 0 Å². The van der Waals surface area contributed by atoms with Crippen LogP contribution < -0.4 is 0 Å². The summed E-state index contributed by atoms with van der Waals surface area (Å²) in [6, 6.07) is 17.5. The number of rotatable bonds is 4. The Bertz CT molecular complexity index is 1080. The summed E-state index contributed by atoms with van der Waals surface area (Å²) in [4.78, 5) is 11.7. The third-order valence-corrected chi connectivity index (χ3v) is 4.57. The van der Waals surface area contributed by atoms with Crippen LogP contribution in [0.2, 0.25) is 10.0 Å². The van der Waals surface area contributed by atoms with Crippen LogP contribution in [0, 0.1) is 11.3 Å². The van der Waals surface area contributed by atoms with Gasteiger partial charge in [0.1, 0.15) is 11.5 Å². The molecule has 0 aliphatic carbocycles. The molecule has 27 heavy (non-hydrogen) atoms. The summed E-state index contributed by atoms with van der Waals surface area (Å²) in [5.74, 6) is 0.643. The molecule has 3 rings (SSSR count). The van der Waals surface area contributed by atoms with Gasteiger partial charge >= 0.3 is 5.97 Å². The molecule has 1 aromatic heterocycles. The molecular weight excluding hydrogens is 385 g/mol. The topological polar surface area (TPSA) is 63.2 Å². The molecule has 0 aliphatic heterocycles. The van der Waals surface area contributed by atoms with Crippen LogP contribution in [0.25, 0.3) is 23.0 Å². The van der Waals surface area contributed by atoms with Gasteiger partial charge in [-0.3, -0.25) is 0 Å². The Hall–Kier alpha value is -3.00. The minimum Gasteiger partial charge on any atom is -0.465 e. The number of nitriles is 1. The van der Waals surface area contributed by atoms with Gasteiger partial charge in [0.05, 0.1) is 34.4 Å². The highest BCUT2D eigenvalue weighted by molar-refractivity contribution is 6.42. The number of carbonyl (C=O) groups is 1. The molecule has 0 saturated heterocycles. The molecule has 0 spiro atoms. The standard InChI is InChI=1S/C21H13Cl2NO3/c1-26-21(25)15-4-2-3-14(9-15)20-8-6-17(27-20)10-16(12-24)13-5-7-18(22)19(23)11-13/h2-11H,1H3/b16-10-. The minimum atomic E-state index is -0.421. The summed E-state index contributed by atoms with van der Waals surface area (Å²) in [6.45, 7) is 0. The predicted octanol–water partition coefficient (Wildman–Crippen LogP) is 6.10. The molecule has 1 heterocycles. The molecule has 4 nitrogen and oxygen atoms in total. The minimum absolute atomic E-state index is 0.370. The average molecular weight is 398 g/mol. The number of methoxy groups -OCH3 is 1. The summed E-state index contributed by atoms with van der Waals surface area (Å²) in [6.07, 6.45) is 1.62. The number of allylic oxidation sites excluding steroid dienone is 1. The number of benzene rings is 2. The zero-order chi connectivity index (χ0) is 19.4. The summed E-state index contributed by atoms with van der Waals surface area (Å²) in [7, 11) is 1.33. The van der Waals surface area contributed by atoms with E-state index in [0.717, 1.165) is 5.56 Å². The van der Waals surface area contributed by atoms with E-state index in [-0.39, 0.29) is 0 Å². The number of esters is 1. The van der Waals surface area contributed by atoms with E-state index in [2.05, 4.69) is 6.07 Å². The smallest absolute Gasteiger partial charge is 0.337 e. The zero-order valence-electron chi connectivity index (χ0n) is 14.2. The lowest BCUT2D eigenvalue weighted by molar-refractivity contribution is 0.0601. The monoisotopic (exact) mass is 397 g/mol. The lowest BCUT2D eigenvalue weighted by Gasteiger charge is -2.02. The van der Waals surface area contributed by atoms with Gasteiger partial charge in [-0.25, -0.2) is 4.79 Å². The van der Waals surface area contributed by atoms with Gasteiger partial charge in [0.25, 0.3) is 0 Å². The van der Waals surface area contributed by atoms with Gasteiger partial charge in [-0.05, 0) is 48.0 Å². The first-order chi connectivity index (χ1) is 13.0. The molecule has 0 unspecified atom stereocenters. The molecule has 0 fully saturated rings. The summed E-state index contributed by atoms with van der Waals surface area (Å²) < 4.78 is 10.5. The van der Waals surface area contributed by atoms with Crippen LogP contribution >= 0.6 is 23.2 Å². The first-order valence-corrected chi connectivity index (χ1v) is 8.63. The highest BCUT2D eigenvalue weighted by Crippen LogP contribution is 2.29. The van der Waals surface area contributed by atoms with Gasteiger partial charge in [0.2, 0.25) is 0 Å². The fraction of sp³-hybridized carbons (Fsp3) is 0.0476. The molecule has 0 aliphatic rings. The first kappa shape index (κ1) is 18.8. The second-order valence-electron chi connectivity index (χ2n) is 5.57. The van der Waals surface area contributed by atoms with E-state index < -0.39 is 5.97 Å². The van der Waals surface area contributed by atoms with Crippen molar-refractivity contribution in [2.45, 2.75) is 0 Å². The fourth-order valence-corrected chi connectivity index (χ4v) is 2.79. The molecule has 134 valence electrons. The summed E-state index contributed by atoms with van der Waals surface area (Å²) in [5, 5.41) is 10.3. The number of halogens is 2. The van der Waals surface area contributed by atoms with Crippen LogP contribution in [0.1, 0.15) is 21.7 Å². The molecule has 2 aromatic carbocycles. The van der Waals surface area contributed by atoms with Crippen LogP contribution in [0.5, 0.6) is 0 Å². The van der Waals surface area contributed by atoms with Crippen LogP contribution in [0.3, 0.4) is 0 Å². The maximum absolute atomic E-state index is 11.7. The van der Waals surface area contributed by atoms with E-state index in [0.29, 0.717) is 38.3 Å². The molecule has 6 heteroatoms. The molecule has 0 N–H and O–H groups in total. The second-order valence-corrected chi connectivity index (χ2v) is 6.39. The maximum atomic E-state index is 11.7. The molecule has 0 amide bonds. The van der Waals surface area contributed by atoms with Crippen molar-refractivity contribution in [3.8, 4) is 17.4 Å². The van der Waals surface area contributed by atoms with Crippen molar-refractivity contribution < 1.29 is 13.9 Å². The first-order valence-electron chi connectivity index (χ1n) is 7.87. The Kier molecular flexibility index (Phi) is 5.66. The van der Waals surface area contributed by atoms with Crippen molar-refractivity contribution in [1.29, 1.82) is 5.26 Å². The molecular formula is C21H13Cl2NO3. The molecule has 0 atom stereocenters. The number of nitrogens with zero attached hydrogens (tertiary/aromatic N) is 1. The van der Waals surface area contributed by atoms with Crippen LogP contribution in [0.15, 0.2) is 59.0 Å². The summed E-state index contributed by atoms with van der Waals surface area (Å²) in [5.41, 5.74) is 2.18. The normalized spacial score (nSPS) is 11.1. The predicted molar refractivity (Wildman–Crippen MR) is 105 cm³/mol. The van der Waals surface area contributed by atoms with Crippen LogP contribution in [-0.2, 0) is 4.74 Å². The zero-order valence-corrected chi connectivity index (χ0v) is 15.7. The van der Waals surface area contributed by atoms with Crippen LogP contribution in [0.4, 0.5) is 0 Å². The fourth-order valence-electron chi connectivity index (χ4n) is 2.49. The Morgan fingerprint density at radius 2 is 1.89 bits per heavy atom. The third-order valence-electron chi connectivity index (χ3n) is 3.83. The second kappa shape index (κ2) is 8.13. The summed E-state index contributed by atoms with van der Waals surface area (Å²) >= 11 is 11.9. The highest BCUT2D eigenvalue weighted by atomic mass is 35.5. The SMILES string of the molecule is COC(=O)c1cccc(-c2ccc(/C=C(/C#N)c3ccc(Cl)c(Cl)c3)o2)c1. The van der Waals surface area contributed by atoms with Crippen molar-refractivity contribution in [3.63, 3.8) is 0 Å². The van der Waals surface area contributed by atoms with E-state index in [1.165, 1.54) is 7.11 Å². The van der Waals surface area contributed by atoms with E-state index in [4.69, 9.17) is 32.4 Å². The average Bonchev–Trinajstić information content (AvgIpc) is 3.16. The quantitative estimate of drug-likeness (QED) is 0.393. The van der Waals surface area contributed by atoms with Crippen molar-refractivity contribution in [2.75, 3.05) is 7.11 Å². The van der Waals surface area contributed by atoms with Gasteiger partial charge in [-0.15, -0.1) is 0 Å². The Labute approximate surface area is 166 Å². The lowest BCUT2D eigenvalue weighted by atomic mass is 10.1. The van der Waals surface area contributed by atoms with E-state index >= 15 is 0 Å². The molecule has 0 bridgehead atoms. The van der Waals surface area contributed by atoms with Gasteiger partial charge in [0, 0.05) is 5.56 Å². The number of hydrogen-bond acceptors (Lipinski definition) is 4. The van der Waals surface area contributed by atoms with Crippen LogP contribution in [-0.4, -0.2) is 13.1 Å². The Morgan fingerprint density at radius 1 is 1.07 bits per heavy atom. The van der Waals surface area contributed by atoms with Crippen molar-refractivity contribution in [2.24, 2.45) is 0 Å². The number of hydrogen-bond donors (Lipinski definition) is 0.